The van der Waals surface area contributed by atoms with E-state index < -0.39 is 0 Å². The van der Waals surface area contributed by atoms with E-state index in [0.29, 0.717) is 13.0 Å². The summed E-state index contributed by atoms with van der Waals surface area (Å²) in [4.78, 5) is 10.9. The Labute approximate surface area is 80.8 Å². The fourth-order valence-electron chi connectivity index (χ4n) is 1.32. The van der Waals surface area contributed by atoms with E-state index in [4.69, 9.17) is 0 Å². The van der Waals surface area contributed by atoms with Crippen molar-refractivity contribution in [3.63, 3.8) is 0 Å². The zero-order valence-corrected chi connectivity index (χ0v) is 7.53. The lowest BCUT2D eigenvalue weighted by Gasteiger charge is -1.92. The molecule has 1 N–H and O–H groups in total. The molecule has 1 heterocycles. The lowest BCUT2D eigenvalue weighted by Crippen LogP contribution is -2.25. The van der Waals surface area contributed by atoms with Gasteiger partial charge in [-0.2, -0.15) is 0 Å². The molecule has 0 aromatic heterocycles. The molecule has 0 unspecified atom stereocenters. The van der Waals surface area contributed by atoms with E-state index in [9.17, 15) is 9.18 Å². The molecule has 14 heavy (non-hydrogen) atoms. The Morgan fingerprint density at radius 1 is 1.36 bits per heavy atom. The Bertz CT molecular complexity index is 384. The highest BCUT2D eigenvalue weighted by molar-refractivity contribution is 5.79. The summed E-state index contributed by atoms with van der Waals surface area (Å²) in [6.07, 6.45) is 2.29. The number of carbonyl (C=O) groups is 1. The molecular formula is C10H10FN2O+. The summed E-state index contributed by atoms with van der Waals surface area (Å²) >= 11 is 0. The van der Waals surface area contributed by atoms with Crippen LogP contribution < -0.4 is 5.43 Å². The summed E-state index contributed by atoms with van der Waals surface area (Å²) in [6.45, 7) is 0.663. The quantitative estimate of drug-likeness (QED) is 0.654. The number of hydrazine groups is 1. The van der Waals surface area contributed by atoms with Gasteiger partial charge in [0, 0.05) is 5.56 Å². The maximum Gasteiger partial charge on any atom is 0.280 e. The van der Waals surface area contributed by atoms with Gasteiger partial charge in [-0.1, -0.05) is 0 Å². The summed E-state index contributed by atoms with van der Waals surface area (Å²) in [5, 5.41) is 0. The highest BCUT2D eigenvalue weighted by atomic mass is 19.1. The van der Waals surface area contributed by atoms with E-state index in [0.717, 1.165) is 5.56 Å². The second-order valence-corrected chi connectivity index (χ2v) is 3.16. The molecule has 0 bridgehead atoms. The van der Waals surface area contributed by atoms with E-state index >= 15 is 0 Å². The number of hydrazone groups is 1. The van der Waals surface area contributed by atoms with E-state index in [1.807, 2.05) is 0 Å². The zero-order chi connectivity index (χ0) is 9.97. The minimum absolute atomic E-state index is 0.0170. The minimum atomic E-state index is -0.257. The van der Waals surface area contributed by atoms with E-state index in [-0.39, 0.29) is 11.7 Å². The van der Waals surface area contributed by atoms with Crippen molar-refractivity contribution in [2.75, 3.05) is 6.54 Å². The average Bonchev–Trinajstić information content (AvgIpc) is 2.56. The monoisotopic (exact) mass is 193 g/mol. The molecule has 1 amide bonds. The number of hydrogen-bond donors (Lipinski definition) is 1. The molecular weight excluding hydrogens is 183 g/mol. The van der Waals surface area contributed by atoms with Crippen molar-refractivity contribution in [1.29, 1.82) is 0 Å². The van der Waals surface area contributed by atoms with Gasteiger partial charge in [0.05, 0.1) is 6.42 Å². The maximum absolute atomic E-state index is 12.6. The lowest BCUT2D eigenvalue weighted by molar-refractivity contribution is -0.553. The standard InChI is InChI=1S/C10H9FN2O/c11-9-3-1-8(2-4-9)7-13-6-5-10(14)12-13/h1-4,7H,5-6H2/p+1. The Kier molecular flexibility index (Phi) is 2.26. The molecule has 1 saturated heterocycles. The predicted octanol–water partition coefficient (Wildman–Crippen LogP) is 0.692. The first-order valence-electron chi connectivity index (χ1n) is 4.40. The minimum Gasteiger partial charge on any atom is -0.269 e. The summed E-state index contributed by atoms with van der Waals surface area (Å²) in [6, 6.07) is 6.12. The topological polar surface area (TPSA) is 32.1 Å². The zero-order valence-electron chi connectivity index (χ0n) is 7.53. The largest absolute Gasteiger partial charge is 0.280 e. The van der Waals surface area contributed by atoms with E-state index in [1.165, 1.54) is 12.1 Å². The van der Waals surface area contributed by atoms with Crippen LogP contribution in [0.25, 0.3) is 0 Å². The summed E-state index contributed by atoms with van der Waals surface area (Å²) in [5.41, 5.74) is 3.53. The van der Waals surface area contributed by atoms with Crippen LogP contribution in [0.15, 0.2) is 24.3 Å². The van der Waals surface area contributed by atoms with Crippen molar-refractivity contribution < 1.29 is 13.9 Å². The Morgan fingerprint density at radius 2 is 2.07 bits per heavy atom. The van der Waals surface area contributed by atoms with E-state index in [1.54, 1.807) is 23.0 Å². The number of halogens is 1. The molecule has 1 aliphatic rings. The summed E-state index contributed by atoms with van der Waals surface area (Å²) in [7, 11) is 0. The third kappa shape index (κ3) is 1.96. The third-order valence-electron chi connectivity index (χ3n) is 2.02. The van der Waals surface area contributed by atoms with Gasteiger partial charge >= 0.3 is 0 Å². The number of rotatable bonds is 1. The molecule has 0 radical (unpaired) electrons. The first-order valence-corrected chi connectivity index (χ1v) is 4.40. The highest BCUT2D eigenvalue weighted by Crippen LogP contribution is 2.00. The van der Waals surface area contributed by atoms with Gasteiger partial charge in [0.15, 0.2) is 6.54 Å². The summed E-state index contributed by atoms with van der Waals surface area (Å²) in [5.74, 6) is -0.240. The van der Waals surface area contributed by atoms with Crippen LogP contribution in [0.3, 0.4) is 0 Å². The number of carbonyl (C=O) groups excluding carboxylic acids is 1. The van der Waals surface area contributed by atoms with Gasteiger partial charge in [-0.05, 0) is 24.3 Å². The van der Waals surface area contributed by atoms with Gasteiger partial charge in [-0.15, -0.1) is 10.1 Å². The van der Waals surface area contributed by atoms with Crippen molar-refractivity contribution in [3.8, 4) is 0 Å². The molecule has 3 nitrogen and oxygen atoms in total. The molecule has 0 spiro atoms. The van der Waals surface area contributed by atoms with Gasteiger partial charge in [-0.25, -0.2) is 4.39 Å². The molecule has 72 valence electrons. The summed E-state index contributed by atoms with van der Waals surface area (Å²) < 4.78 is 14.3. The van der Waals surface area contributed by atoms with E-state index in [2.05, 4.69) is 5.43 Å². The van der Waals surface area contributed by atoms with Crippen molar-refractivity contribution in [1.82, 2.24) is 5.43 Å². The van der Waals surface area contributed by atoms with Crippen molar-refractivity contribution in [2.45, 2.75) is 6.42 Å². The first kappa shape index (κ1) is 8.87. The van der Waals surface area contributed by atoms with Crippen molar-refractivity contribution >= 4 is 12.1 Å². The van der Waals surface area contributed by atoms with Gasteiger partial charge in [0.25, 0.3) is 5.91 Å². The number of amides is 1. The highest BCUT2D eigenvalue weighted by Gasteiger charge is 2.20. The van der Waals surface area contributed by atoms with Crippen LogP contribution in [0.4, 0.5) is 4.39 Å². The molecule has 1 aromatic carbocycles. The van der Waals surface area contributed by atoms with Gasteiger partial charge in [-0.3, -0.25) is 4.79 Å². The van der Waals surface area contributed by atoms with Gasteiger partial charge < -0.3 is 0 Å². The van der Waals surface area contributed by atoms with Crippen LogP contribution in [0, 0.1) is 5.82 Å². The third-order valence-corrected chi connectivity index (χ3v) is 2.02. The molecule has 1 aliphatic heterocycles. The van der Waals surface area contributed by atoms with Gasteiger partial charge in [0.1, 0.15) is 5.82 Å². The molecule has 0 aliphatic carbocycles. The Balaban J connectivity index is 2.17. The lowest BCUT2D eigenvalue weighted by atomic mass is 10.2. The van der Waals surface area contributed by atoms with Crippen molar-refractivity contribution in [3.05, 3.63) is 35.6 Å². The fourth-order valence-corrected chi connectivity index (χ4v) is 1.32. The van der Waals surface area contributed by atoms with Crippen LogP contribution >= 0.6 is 0 Å². The first-order chi connectivity index (χ1) is 6.74. The molecule has 0 atom stereocenters. The normalized spacial score (nSPS) is 18.6. The average molecular weight is 193 g/mol. The second-order valence-electron chi connectivity index (χ2n) is 3.16. The number of hydrogen-bond acceptors (Lipinski definition) is 1. The predicted molar refractivity (Wildman–Crippen MR) is 49.5 cm³/mol. The van der Waals surface area contributed by atoms with Crippen LogP contribution in [0.2, 0.25) is 0 Å². The SMILES string of the molecule is O=C1CC[N+](=Cc2ccc(F)cc2)N1. The van der Waals surface area contributed by atoms with Gasteiger partial charge in [0.2, 0.25) is 6.21 Å². The van der Waals surface area contributed by atoms with Crippen LogP contribution in [-0.2, 0) is 4.79 Å². The van der Waals surface area contributed by atoms with Crippen LogP contribution in [0.1, 0.15) is 12.0 Å². The Morgan fingerprint density at radius 3 is 2.64 bits per heavy atom. The molecule has 1 aromatic rings. The second kappa shape index (κ2) is 3.57. The van der Waals surface area contributed by atoms with Crippen LogP contribution in [-0.4, -0.2) is 23.4 Å². The number of nitrogens with zero attached hydrogens (tertiary/aromatic N) is 1. The molecule has 0 saturated carbocycles. The Hall–Kier alpha value is -1.71. The maximum atomic E-state index is 12.6. The van der Waals surface area contributed by atoms with Crippen molar-refractivity contribution in [2.24, 2.45) is 0 Å². The number of nitrogens with one attached hydrogen (secondary N) is 1. The smallest absolute Gasteiger partial charge is 0.269 e. The molecule has 1 fully saturated rings. The molecule has 4 heteroatoms. The number of benzene rings is 1. The van der Waals surface area contributed by atoms with Crippen LogP contribution in [0.5, 0.6) is 0 Å². The molecule has 2 rings (SSSR count). The fraction of sp³-hybridized carbons (Fsp3) is 0.200.